The molecule has 1 aromatic rings. The van der Waals surface area contributed by atoms with Gasteiger partial charge in [-0.2, -0.15) is 18.3 Å². The minimum Gasteiger partial charge on any atom is -0.336 e. The van der Waals surface area contributed by atoms with Gasteiger partial charge in [0.1, 0.15) is 0 Å². The molecule has 0 radical (unpaired) electrons. The molecular weight excluding hydrogens is 297 g/mol. The average Bonchev–Trinajstić information content (AvgIpc) is 2.81. The first kappa shape index (κ1) is 16.6. The maximum absolute atomic E-state index is 12.5. The third kappa shape index (κ3) is 4.64. The Morgan fingerprint density at radius 3 is 2.64 bits per heavy atom. The number of nitrogens with zero attached hydrogens (tertiary/aromatic N) is 2. The molecule has 0 saturated heterocycles. The van der Waals surface area contributed by atoms with Crippen LogP contribution in [0.2, 0.25) is 0 Å². The summed E-state index contributed by atoms with van der Waals surface area (Å²) in [4.78, 5) is 11.7. The summed E-state index contributed by atoms with van der Waals surface area (Å²) in [5.74, 6) is 0. The predicted molar refractivity (Wildman–Crippen MR) is 75.4 cm³/mol. The van der Waals surface area contributed by atoms with Gasteiger partial charge in [0.25, 0.3) is 0 Å². The van der Waals surface area contributed by atoms with Gasteiger partial charge in [0.05, 0.1) is 6.54 Å². The second-order valence-electron chi connectivity index (χ2n) is 5.63. The monoisotopic (exact) mass is 318 g/mol. The second-order valence-corrected chi connectivity index (χ2v) is 5.63. The van der Waals surface area contributed by atoms with E-state index >= 15 is 0 Å². The Balaban J connectivity index is 1.76. The van der Waals surface area contributed by atoms with Gasteiger partial charge in [-0.1, -0.05) is 19.3 Å². The number of aryl methyl sites for hydroxylation is 1. The number of aromatic nitrogens is 2. The van der Waals surface area contributed by atoms with Crippen LogP contribution in [0, 0.1) is 6.92 Å². The molecule has 0 atom stereocenters. The Bertz CT molecular complexity index is 507. The molecule has 124 valence electrons. The summed E-state index contributed by atoms with van der Waals surface area (Å²) in [6.07, 6.45) is 0.984. The van der Waals surface area contributed by atoms with Gasteiger partial charge < -0.3 is 10.6 Å². The zero-order valence-electron chi connectivity index (χ0n) is 12.5. The highest BCUT2D eigenvalue weighted by Gasteiger charge is 2.34. The van der Waals surface area contributed by atoms with Crippen molar-refractivity contribution in [3.05, 3.63) is 17.5 Å². The fourth-order valence-electron chi connectivity index (χ4n) is 2.63. The normalized spacial score (nSPS) is 16.5. The number of carbonyl (C=O) groups is 1. The van der Waals surface area contributed by atoms with Crippen molar-refractivity contribution >= 4 is 6.03 Å². The van der Waals surface area contributed by atoms with E-state index in [0.29, 0.717) is 5.69 Å². The Labute approximate surface area is 127 Å². The Hall–Kier alpha value is -1.73. The Morgan fingerprint density at radius 1 is 1.36 bits per heavy atom. The van der Waals surface area contributed by atoms with Crippen molar-refractivity contribution in [2.75, 3.05) is 6.54 Å². The molecule has 1 aliphatic carbocycles. The summed E-state index contributed by atoms with van der Waals surface area (Å²) in [5.41, 5.74) is -0.488. The number of halogens is 3. The summed E-state index contributed by atoms with van der Waals surface area (Å²) in [6, 6.07) is 0.937. The maximum atomic E-state index is 12.5. The molecule has 0 aromatic carbocycles. The van der Waals surface area contributed by atoms with Crippen molar-refractivity contribution in [2.24, 2.45) is 0 Å². The highest BCUT2D eigenvalue weighted by molar-refractivity contribution is 5.74. The van der Waals surface area contributed by atoms with E-state index in [2.05, 4.69) is 15.7 Å². The van der Waals surface area contributed by atoms with E-state index in [1.54, 1.807) is 6.92 Å². The van der Waals surface area contributed by atoms with Gasteiger partial charge in [-0.05, 0) is 25.8 Å². The number of alkyl halides is 3. The molecule has 1 heterocycles. The van der Waals surface area contributed by atoms with Crippen molar-refractivity contribution in [1.82, 2.24) is 20.4 Å². The van der Waals surface area contributed by atoms with Crippen molar-refractivity contribution in [2.45, 2.75) is 57.8 Å². The molecule has 5 nitrogen and oxygen atoms in total. The predicted octanol–water partition coefficient (Wildman–Crippen LogP) is 2.84. The topological polar surface area (TPSA) is 59.0 Å². The van der Waals surface area contributed by atoms with Crippen molar-refractivity contribution in [3.63, 3.8) is 0 Å². The number of amides is 2. The van der Waals surface area contributed by atoms with E-state index in [1.807, 2.05) is 0 Å². The highest BCUT2D eigenvalue weighted by Crippen LogP contribution is 2.28. The summed E-state index contributed by atoms with van der Waals surface area (Å²) in [7, 11) is 0. The highest BCUT2D eigenvalue weighted by atomic mass is 19.4. The quantitative estimate of drug-likeness (QED) is 0.897. The lowest BCUT2D eigenvalue weighted by Gasteiger charge is -2.22. The van der Waals surface area contributed by atoms with Crippen molar-refractivity contribution < 1.29 is 18.0 Å². The summed E-state index contributed by atoms with van der Waals surface area (Å²) < 4.78 is 38.9. The van der Waals surface area contributed by atoms with Crippen LogP contribution in [0.4, 0.5) is 18.0 Å². The molecule has 1 saturated carbocycles. The van der Waals surface area contributed by atoms with Crippen LogP contribution in [0.25, 0.3) is 0 Å². The van der Waals surface area contributed by atoms with Crippen LogP contribution in [0.5, 0.6) is 0 Å². The number of hydrogen-bond donors (Lipinski definition) is 2. The third-order valence-electron chi connectivity index (χ3n) is 3.82. The molecule has 0 aliphatic heterocycles. The molecule has 1 aromatic heterocycles. The Morgan fingerprint density at radius 2 is 2.05 bits per heavy atom. The SMILES string of the molecule is Cc1cc(C(F)(F)F)nn1CCNC(=O)NC1CCCCC1. The Kier molecular flexibility index (Phi) is 5.31. The van der Waals surface area contributed by atoms with Crippen molar-refractivity contribution in [1.29, 1.82) is 0 Å². The second kappa shape index (κ2) is 7.02. The van der Waals surface area contributed by atoms with Gasteiger partial charge >= 0.3 is 12.2 Å². The van der Waals surface area contributed by atoms with Crippen LogP contribution in [0.1, 0.15) is 43.5 Å². The fourth-order valence-corrected chi connectivity index (χ4v) is 2.63. The van der Waals surface area contributed by atoms with Gasteiger partial charge in [-0.15, -0.1) is 0 Å². The molecule has 22 heavy (non-hydrogen) atoms. The van der Waals surface area contributed by atoms with E-state index in [1.165, 1.54) is 11.1 Å². The summed E-state index contributed by atoms with van der Waals surface area (Å²) in [6.45, 7) is 2.00. The zero-order chi connectivity index (χ0) is 16.2. The van der Waals surface area contributed by atoms with Crippen LogP contribution in [0.3, 0.4) is 0 Å². The minimum absolute atomic E-state index is 0.206. The van der Waals surface area contributed by atoms with Crippen LogP contribution < -0.4 is 10.6 Å². The first-order valence-electron chi connectivity index (χ1n) is 7.52. The van der Waals surface area contributed by atoms with Crippen molar-refractivity contribution in [3.8, 4) is 0 Å². The minimum atomic E-state index is -4.44. The van der Waals surface area contributed by atoms with Gasteiger partial charge in [0.2, 0.25) is 0 Å². The van der Waals surface area contributed by atoms with Gasteiger partial charge in [-0.3, -0.25) is 4.68 Å². The van der Waals surface area contributed by atoms with Crippen LogP contribution in [-0.4, -0.2) is 28.4 Å². The molecule has 1 fully saturated rings. The lowest BCUT2D eigenvalue weighted by atomic mass is 9.96. The molecule has 2 N–H and O–H groups in total. The first-order valence-corrected chi connectivity index (χ1v) is 7.52. The van der Waals surface area contributed by atoms with E-state index in [9.17, 15) is 18.0 Å². The van der Waals surface area contributed by atoms with E-state index in [0.717, 1.165) is 31.7 Å². The zero-order valence-corrected chi connectivity index (χ0v) is 12.5. The number of urea groups is 1. The maximum Gasteiger partial charge on any atom is 0.435 e. The van der Waals surface area contributed by atoms with Gasteiger partial charge in [-0.25, -0.2) is 4.79 Å². The number of rotatable bonds is 4. The number of hydrogen-bond acceptors (Lipinski definition) is 2. The average molecular weight is 318 g/mol. The lowest BCUT2D eigenvalue weighted by molar-refractivity contribution is -0.141. The summed E-state index contributed by atoms with van der Waals surface area (Å²) >= 11 is 0. The fraction of sp³-hybridized carbons (Fsp3) is 0.714. The largest absolute Gasteiger partial charge is 0.435 e. The molecule has 0 bridgehead atoms. The molecule has 2 rings (SSSR count). The molecular formula is C14H21F3N4O. The smallest absolute Gasteiger partial charge is 0.336 e. The molecule has 1 aliphatic rings. The number of carbonyl (C=O) groups excluding carboxylic acids is 1. The first-order chi connectivity index (χ1) is 10.4. The molecule has 8 heteroatoms. The van der Waals surface area contributed by atoms with Crippen LogP contribution >= 0.6 is 0 Å². The van der Waals surface area contributed by atoms with E-state index < -0.39 is 11.9 Å². The third-order valence-corrected chi connectivity index (χ3v) is 3.82. The summed E-state index contributed by atoms with van der Waals surface area (Å²) in [5, 5.41) is 9.06. The number of nitrogens with one attached hydrogen (secondary N) is 2. The van der Waals surface area contributed by atoms with Crippen LogP contribution in [-0.2, 0) is 12.7 Å². The molecule has 0 unspecified atom stereocenters. The molecule has 0 spiro atoms. The van der Waals surface area contributed by atoms with E-state index in [-0.39, 0.29) is 25.2 Å². The molecule has 2 amide bonds. The van der Waals surface area contributed by atoms with Crippen LogP contribution in [0.15, 0.2) is 6.07 Å². The lowest BCUT2D eigenvalue weighted by Crippen LogP contribution is -2.43. The van der Waals surface area contributed by atoms with Gasteiger partial charge in [0, 0.05) is 18.3 Å². The van der Waals surface area contributed by atoms with Gasteiger partial charge in [0.15, 0.2) is 5.69 Å². The van der Waals surface area contributed by atoms with E-state index in [4.69, 9.17) is 0 Å². The standard InChI is InChI=1S/C14H21F3N4O/c1-10-9-12(14(15,16)17)20-21(10)8-7-18-13(22)19-11-5-3-2-4-6-11/h9,11H,2-8H2,1H3,(H2,18,19,22).